The number of rotatable bonds is 9. The average molecular weight is 354 g/mol. The van der Waals surface area contributed by atoms with Crippen molar-refractivity contribution in [3.8, 4) is 0 Å². The van der Waals surface area contributed by atoms with Crippen LogP contribution in [0.1, 0.15) is 40.0 Å². The minimum atomic E-state index is -1.06. The van der Waals surface area contributed by atoms with E-state index in [1.807, 2.05) is 25.3 Å². The molecule has 0 aliphatic carbocycles. The third-order valence-corrected chi connectivity index (χ3v) is 4.66. The van der Waals surface area contributed by atoms with Crippen molar-refractivity contribution in [3.05, 3.63) is 23.6 Å². The summed E-state index contributed by atoms with van der Waals surface area (Å²) in [5.41, 5.74) is 0. The van der Waals surface area contributed by atoms with Gasteiger partial charge in [-0.1, -0.05) is 26.0 Å². The van der Waals surface area contributed by atoms with Crippen LogP contribution in [0.15, 0.2) is 23.6 Å². The fourth-order valence-electron chi connectivity index (χ4n) is 2.41. The Bertz CT molecular complexity index is 509. The highest BCUT2D eigenvalue weighted by atomic mass is 32.2. The molecule has 1 rings (SSSR count). The maximum atomic E-state index is 12.5. The number of amides is 2. The average Bonchev–Trinajstić information content (AvgIpc) is 2.98. The van der Waals surface area contributed by atoms with Crippen LogP contribution in [0.25, 0.3) is 0 Å². The van der Waals surface area contributed by atoms with Crippen LogP contribution in [0.5, 0.6) is 0 Å². The minimum absolute atomic E-state index is 0.136. The maximum absolute atomic E-state index is 12.5. The molecule has 7 heteroatoms. The molecule has 3 N–H and O–H groups in total. The molecule has 1 aliphatic heterocycles. The third-order valence-electron chi connectivity index (χ3n) is 3.54. The Morgan fingerprint density at radius 1 is 1.29 bits per heavy atom. The van der Waals surface area contributed by atoms with E-state index in [0.717, 1.165) is 6.42 Å². The van der Waals surface area contributed by atoms with Crippen LogP contribution in [0.4, 0.5) is 0 Å². The normalized spacial score (nSPS) is 19.4. The molecule has 1 aliphatic rings. The molecule has 2 amide bonds. The van der Waals surface area contributed by atoms with E-state index in [0.29, 0.717) is 12.8 Å². The molecule has 3 atom stereocenters. The predicted octanol–water partition coefficient (Wildman–Crippen LogP) is 2.07. The summed E-state index contributed by atoms with van der Waals surface area (Å²) in [6.45, 7) is 5.51. The summed E-state index contributed by atoms with van der Waals surface area (Å²) in [4.78, 5) is 35.7. The Kier molecular flexibility index (Phi) is 8.60. The molecule has 0 spiro atoms. The SMILES string of the molecule is C/C=C/C(=O)N[C@@H](CC1CC=CS1)C(=O)N[C@@H](CC(C)C)C(=O)O. The van der Waals surface area contributed by atoms with Gasteiger partial charge in [0.15, 0.2) is 0 Å². The number of carbonyl (C=O) groups is 3. The lowest BCUT2D eigenvalue weighted by Gasteiger charge is -2.23. The smallest absolute Gasteiger partial charge is 0.326 e. The predicted molar refractivity (Wildman–Crippen MR) is 95.5 cm³/mol. The fourth-order valence-corrected chi connectivity index (χ4v) is 3.38. The summed E-state index contributed by atoms with van der Waals surface area (Å²) in [6.07, 6.45) is 6.61. The zero-order chi connectivity index (χ0) is 18.1. The molecule has 0 aromatic carbocycles. The van der Waals surface area contributed by atoms with Gasteiger partial charge < -0.3 is 15.7 Å². The first-order valence-corrected chi connectivity index (χ1v) is 9.04. The van der Waals surface area contributed by atoms with E-state index in [-0.39, 0.29) is 17.1 Å². The number of carboxylic acid groups (broad SMARTS) is 1. The second-order valence-corrected chi connectivity index (χ2v) is 7.40. The first-order chi connectivity index (χ1) is 11.3. The highest BCUT2D eigenvalue weighted by Crippen LogP contribution is 2.27. The summed E-state index contributed by atoms with van der Waals surface area (Å²) in [5, 5.41) is 16.7. The van der Waals surface area contributed by atoms with Gasteiger partial charge >= 0.3 is 5.97 Å². The van der Waals surface area contributed by atoms with E-state index in [1.54, 1.807) is 24.8 Å². The van der Waals surface area contributed by atoms with Crippen LogP contribution in [-0.2, 0) is 14.4 Å². The monoisotopic (exact) mass is 354 g/mol. The number of hydrogen-bond acceptors (Lipinski definition) is 4. The van der Waals surface area contributed by atoms with Gasteiger partial charge in [-0.15, -0.1) is 11.8 Å². The van der Waals surface area contributed by atoms with E-state index in [9.17, 15) is 19.5 Å². The Labute approximate surface area is 147 Å². The molecular weight excluding hydrogens is 328 g/mol. The first kappa shape index (κ1) is 20.3. The Morgan fingerprint density at radius 3 is 2.50 bits per heavy atom. The largest absolute Gasteiger partial charge is 0.480 e. The minimum Gasteiger partial charge on any atom is -0.480 e. The van der Waals surface area contributed by atoms with Gasteiger partial charge in [-0.25, -0.2) is 4.79 Å². The summed E-state index contributed by atoms with van der Waals surface area (Å²) in [6, 6.07) is -1.70. The van der Waals surface area contributed by atoms with E-state index in [4.69, 9.17) is 0 Å². The van der Waals surface area contributed by atoms with Crippen LogP contribution < -0.4 is 10.6 Å². The summed E-state index contributed by atoms with van der Waals surface area (Å²) < 4.78 is 0. The van der Waals surface area contributed by atoms with E-state index in [1.165, 1.54) is 6.08 Å². The topological polar surface area (TPSA) is 95.5 Å². The molecule has 1 heterocycles. The molecule has 24 heavy (non-hydrogen) atoms. The highest BCUT2D eigenvalue weighted by Gasteiger charge is 2.29. The van der Waals surface area contributed by atoms with Crippen LogP contribution in [0.2, 0.25) is 0 Å². The van der Waals surface area contributed by atoms with Gasteiger partial charge in [-0.3, -0.25) is 9.59 Å². The molecule has 0 bridgehead atoms. The van der Waals surface area contributed by atoms with Crippen molar-refractivity contribution in [1.82, 2.24) is 10.6 Å². The molecule has 0 saturated carbocycles. The Hall–Kier alpha value is -1.76. The van der Waals surface area contributed by atoms with Crippen LogP contribution in [-0.4, -0.2) is 40.2 Å². The summed E-state index contributed by atoms with van der Waals surface area (Å²) >= 11 is 1.62. The molecule has 1 unspecified atom stereocenters. The van der Waals surface area contributed by atoms with Crippen molar-refractivity contribution in [2.75, 3.05) is 0 Å². The summed E-state index contributed by atoms with van der Waals surface area (Å²) in [7, 11) is 0. The van der Waals surface area contributed by atoms with Crippen molar-refractivity contribution in [3.63, 3.8) is 0 Å². The van der Waals surface area contributed by atoms with Crippen molar-refractivity contribution in [2.24, 2.45) is 5.92 Å². The molecular formula is C17H26N2O4S. The molecule has 0 saturated heterocycles. The second kappa shape index (κ2) is 10.2. The third kappa shape index (κ3) is 7.21. The van der Waals surface area contributed by atoms with E-state index < -0.39 is 24.0 Å². The molecule has 0 fully saturated rings. The van der Waals surface area contributed by atoms with Gasteiger partial charge in [0.05, 0.1) is 0 Å². The molecule has 0 aromatic rings. The molecule has 0 radical (unpaired) electrons. The number of thioether (sulfide) groups is 1. The number of allylic oxidation sites excluding steroid dienone is 2. The Morgan fingerprint density at radius 2 is 2.00 bits per heavy atom. The lowest BCUT2D eigenvalue weighted by molar-refractivity contribution is -0.142. The van der Waals surface area contributed by atoms with Gasteiger partial charge in [0.1, 0.15) is 12.1 Å². The van der Waals surface area contributed by atoms with Crippen LogP contribution >= 0.6 is 11.8 Å². The second-order valence-electron chi connectivity index (χ2n) is 6.19. The number of nitrogens with one attached hydrogen (secondary N) is 2. The van der Waals surface area contributed by atoms with E-state index >= 15 is 0 Å². The first-order valence-electron chi connectivity index (χ1n) is 8.10. The molecule has 0 aromatic heterocycles. The number of carbonyl (C=O) groups excluding carboxylic acids is 2. The Balaban J connectivity index is 2.76. The number of carboxylic acids is 1. The van der Waals surface area contributed by atoms with Crippen molar-refractivity contribution < 1.29 is 19.5 Å². The standard InChI is InChI=1S/C17H26N2O4S/c1-4-6-15(20)18-13(10-12-7-5-8-24-12)16(21)19-14(17(22)23)9-11(2)3/h4-6,8,11-14H,7,9-10H2,1-3H3,(H,18,20)(H,19,21)(H,22,23)/b6-4+/t12?,13-,14-/m0/s1. The van der Waals surface area contributed by atoms with Gasteiger partial charge in [0.25, 0.3) is 0 Å². The zero-order valence-corrected chi connectivity index (χ0v) is 15.1. The van der Waals surface area contributed by atoms with Crippen LogP contribution in [0.3, 0.4) is 0 Å². The lowest BCUT2D eigenvalue weighted by atomic mass is 10.0. The summed E-state index contributed by atoms with van der Waals surface area (Å²) in [5.74, 6) is -1.73. The van der Waals surface area contributed by atoms with Gasteiger partial charge in [-0.05, 0) is 43.6 Å². The maximum Gasteiger partial charge on any atom is 0.326 e. The highest BCUT2D eigenvalue weighted by molar-refractivity contribution is 8.03. The molecule has 6 nitrogen and oxygen atoms in total. The number of hydrogen-bond donors (Lipinski definition) is 3. The number of aliphatic carboxylic acids is 1. The fraction of sp³-hybridized carbons (Fsp3) is 0.588. The van der Waals surface area contributed by atoms with Crippen molar-refractivity contribution in [1.29, 1.82) is 0 Å². The van der Waals surface area contributed by atoms with Gasteiger partial charge in [0, 0.05) is 5.25 Å². The van der Waals surface area contributed by atoms with Gasteiger partial charge in [0.2, 0.25) is 11.8 Å². The van der Waals surface area contributed by atoms with Gasteiger partial charge in [-0.2, -0.15) is 0 Å². The van der Waals surface area contributed by atoms with E-state index in [2.05, 4.69) is 10.6 Å². The zero-order valence-electron chi connectivity index (χ0n) is 14.3. The van der Waals surface area contributed by atoms with Crippen molar-refractivity contribution >= 4 is 29.5 Å². The van der Waals surface area contributed by atoms with Crippen molar-refractivity contribution in [2.45, 2.75) is 57.4 Å². The lowest BCUT2D eigenvalue weighted by Crippen LogP contribution is -2.52. The quantitative estimate of drug-likeness (QED) is 0.551. The van der Waals surface area contributed by atoms with Crippen LogP contribution in [0, 0.1) is 5.92 Å². The molecule has 134 valence electrons.